The Hall–Kier alpha value is -2.32. The highest BCUT2D eigenvalue weighted by Gasteiger charge is 2.13. The zero-order chi connectivity index (χ0) is 16.5. The van der Waals surface area contributed by atoms with Crippen molar-refractivity contribution in [1.29, 1.82) is 5.26 Å². The molecule has 0 spiro atoms. The van der Waals surface area contributed by atoms with Gasteiger partial charge in [-0.1, -0.05) is 31.2 Å². The van der Waals surface area contributed by atoms with Gasteiger partial charge in [-0.2, -0.15) is 5.26 Å². The van der Waals surface area contributed by atoms with E-state index in [-0.39, 0.29) is 18.2 Å². The van der Waals surface area contributed by atoms with E-state index in [4.69, 9.17) is 10.4 Å². The van der Waals surface area contributed by atoms with Gasteiger partial charge < -0.3 is 15.7 Å². The largest absolute Gasteiger partial charge is 0.392 e. The molecule has 0 aliphatic carbocycles. The Morgan fingerprint density at radius 1 is 1.36 bits per heavy atom. The molecule has 22 heavy (non-hydrogen) atoms. The Balaban J connectivity index is 2.66. The van der Waals surface area contributed by atoms with E-state index in [9.17, 15) is 4.79 Å². The summed E-state index contributed by atoms with van der Waals surface area (Å²) in [6.07, 6.45) is 1.75. The summed E-state index contributed by atoms with van der Waals surface area (Å²) in [6.45, 7) is 5.86. The minimum Gasteiger partial charge on any atom is -0.392 e. The van der Waals surface area contributed by atoms with Gasteiger partial charge in [0, 0.05) is 12.7 Å². The SMILES string of the molecule is CCc1ccc(C(C)NC(=O)/C(C#N)=C\NCC(C)O)cc1. The Morgan fingerprint density at radius 2 is 2.00 bits per heavy atom. The maximum Gasteiger partial charge on any atom is 0.263 e. The van der Waals surface area contributed by atoms with Crippen molar-refractivity contribution in [3.63, 3.8) is 0 Å². The van der Waals surface area contributed by atoms with Gasteiger partial charge in [0.05, 0.1) is 12.1 Å². The summed E-state index contributed by atoms with van der Waals surface area (Å²) in [5.41, 5.74) is 2.21. The molecule has 0 saturated carbocycles. The Labute approximate surface area is 131 Å². The van der Waals surface area contributed by atoms with E-state index in [0.717, 1.165) is 12.0 Å². The number of hydrogen-bond donors (Lipinski definition) is 3. The van der Waals surface area contributed by atoms with Gasteiger partial charge in [-0.3, -0.25) is 4.79 Å². The highest BCUT2D eigenvalue weighted by molar-refractivity contribution is 5.97. The van der Waals surface area contributed by atoms with Gasteiger partial charge in [0.2, 0.25) is 0 Å². The van der Waals surface area contributed by atoms with Gasteiger partial charge in [-0.25, -0.2) is 0 Å². The van der Waals surface area contributed by atoms with Crippen molar-refractivity contribution < 1.29 is 9.90 Å². The zero-order valence-electron chi connectivity index (χ0n) is 13.3. The van der Waals surface area contributed by atoms with Crippen molar-refractivity contribution in [2.75, 3.05) is 6.54 Å². The first-order valence-electron chi connectivity index (χ1n) is 7.39. The second kappa shape index (κ2) is 8.85. The number of aliphatic hydroxyl groups is 1. The molecular weight excluding hydrogens is 278 g/mol. The van der Waals surface area contributed by atoms with E-state index in [1.54, 1.807) is 6.92 Å². The van der Waals surface area contributed by atoms with Crippen molar-refractivity contribution in [1.82, 2.24) is 10.6 Å². The summed E-state index contributed by atoms with van der Waals surface area (Å²) in [5, 5.41) is 23.7. The summed E-state index contributed by atoms with van der Waals surface area (Å²) in [7, 11) is 0. The van der Waals surface area contributed by atoms with Gasteiger partial charge in [-0.15, -0.1) is 0 Å². The summed E-state index contributed by atoms with van der Waals surface area (Å²) >= 11 is 0. The molecule has 0 aliphatic heterocycles. The van der Waals surface area contributed by atoms with Gasteiger partial charge >= 0.3 is 0 Å². The summed E-state index contributed by atoms with van der Waals surface area (Å²) < 4.78 is 0. The lowest BCUT2D eigenvalue weighted by Gasteiger charge is -2.14. The van der Waals surface area contributed by atoms with Crippen LogP contribution in [0.2, 0.25) is 0 Å². The quantitative estimate of drug-likeness (QED) is 0.529. The molecule has 0 fully saturated rings. The van der Waals surface area contributed by atoms with Crippen LogP contribution in [0, 0.1) is 11.3 Å². The zero-order valence-corrected chi connectivity index (χ0v) is 13.3. The van der Waals surface area contributed by atoms with Gasteiger partial charge in [0.15, 0.2) is 0 Å². The number of carbonyl (C=O) groups is 1. The monoisotopic (exact) mass is 301 g/mol. The maximum absolute atomic E-state index is 12.1. The van der Waals surface area contributed by atoms with E-state index >= 15 is 0 Å². The Bertz CT molecular complexity index is 556. The number of nitrogens with zero attached hydrogens (tertiary/aromatic N) is 1. The third kappa shape index (κ3) is 5.58. The third-order valence-electron chi connectivity index (χ3n) is 3.26. The molecular formula is C17H23N3O2. The second-order valence-corrected chi connectivity index (χ2v) is 5.22. The standard InChI is InChI=1S/C17H23N3O2/c1-4-14-5-7-15(8-6-14)13(3)20-17(22)16(9-18)11-19-10-12(2)21/h5-8,11-13,19,21H,4,10H2,1-3H3,(H,20,22)/b16-11-. The number of aryl methyl sites for hydroxylation is 1. The first-order chi connectivity index (χ1) is 10.5. The van der Waals surface area contributed by atoms with Crippen molar-refractivity contribution in [3.8, 4) is 6.07 Å². The molecule has 2 unspecified atom stereocenters. The fraction of sp³-hybridized carbons (Fsp3) is 0.412. The minimum absolute atomic E-state index is 0.0160. The number of nitriles is 1. The number of hydrogen-bond acceptors (Lipinski definition) is 4. The average molecular weight is 301 g/mol. The van der Waals surface area contributed by atoms with Crippen LogP contribution < -0.4 is 10.6 Å². The third-order valence-corrected chi connectivity index (χ3v) is 3.26. The van der Waals surface area contributed by atoms with Crippen LogP contribution in [0.15, 0.2) is 36.0 Å². The van der Waals surface area contributed by atoms with Crippen molar-refractivity contribution in [2.24, 2.45) is 0 Å². The summed E-state index contributed by atoms with van der Waals surface area (Å²) in [6, 6.07) is 9.68. The Kier molecular flexibility index (Phi) is 7.14. The molecule has 1 aromatic carbocycles. The number of carbonyl (C=O) groups excluding carboxylic acids is 1. The molecule has 118 valence electrons. The van der Waals surface area contributed by atoms with Crippen LogP contribution in [-0.4, -0.2) is 23.7 Å². The van der Waals surface area contributed by atoms with Crippen LogP contribution in [0.25, 0.3) is 0 Å². The molecule has 0 heterocycles. The summed E-state index contributed by atoms with van der Waals surface area (Å²) in [4.78, 5) is 12.1. The predicted molar refractivity (Wildman–Crippen MR) is 85.8 cm³/mol. The van der Waals surface area contributed by atoms with Crippen LogP contribution in [0.5, 0.6) is 0 Å². The average Bonchev–Trinajstić information content (AvgIpc) is 2.51. The van der Waals surface area contributed by atoms with Crippen LogP contribution in [0.1, 0.15) is 37.9 Å². The fourth-order valence-corrected chi connectivity index (χ4v) is 1.88. The maximum atomic E-state index is 12.1. The van der Waals surface area contributed by atoms with E-state index in [2.05, 4.69) is 17.6 Å². The molecule has 1 amide bonds. The number of benzene rings is 1. The lowest BCUT2D eigenvalue weighted by Crippen LogP contribution is -2.29. The topological polar surface area (TPSA) is 85.2 Å². The van der Waals surface area contributed by atoms with Crippen molar-refractivity contribution in [3.05, 3.63) is 47.2 Å². The van der Waals surface area contributed by atoms with E-state index < -0.39 is 12.0 Å². The van der Waals surface area contributed by atoms with Crippen molar-refractivity contribution >= 4 is 5.91 Å². The molecule has 5 nitrogen and oxygen atoms in total. The van der Waals surface area contributed by atoms with E-state index in [0.29, 0.717) is 0 Å². The number of rotatable bonds is 7. The molecule has 0 saturated heterocycles. The summed E-state index contributed by atoms with van der Waals surface area (Å²) in [5.74, 6) is -0.437. The fourth-order valence-electron chi connectivity index (χ4n) is 1.88. The highest BCUT2D eigenvalue weighted by Crippen LogP contribution is 2.14. The normalized spacial score (nSPS) is 13.9. The van der Waals surface area contributed by atoms with Crippen LogP contribution in [-0.2, 0) is 11.2 Å². The molecule has 0 radical (unpaired) electrons. The van der Waals surface area contributed by atoms with Crippen LogP contribution >= 0.6 is 0 Å². The van der Waals surface area contributed by atoms with E-state index in [1.165, 1.54) is 11.8 Å². The van der Waals surface area contributed by atoms with Gasteiger partial charge in [-0.05, 0) is 31.4 Å². The first kappa shape index (κ1) is 17.7. The molecule has 2 atom stereocenters. The molecule has 0 aromatic heterocycles. The van der Waals surface area contributed by atoms with Crippen LogP contribution in [0.4, 0.5) is 0 Å². The predicted octanol–water partition coefficient (Wildman–Crippen LogP) is 1.80. The Morgan fingerprint density at radius 3 is 2.50 bits per heavy atom. The number of aliphatic hydroxyl groups excluding tert-OH is 1. The van der Waals surface area contributed by atoms with Gasteiger partial charge in [0.1, 0.15) is 11.6 Å². The first-order valence-corrected chi connectivity index (χ1v) is 7.39. The molecule has 3 N–H and O–H groups in total. The second-order valence-electron chi connectivity index (χ2n) is 5.22. The van der Waals surface area contributed by atoms with Crippen LogP contribution in [0.3, 0.4) is 0 Å². The van der Waals surface area contributed by atoms with Gasteiger partial charge in [0.25, 0.3) is 5.91 Å². The lowest BCUT2D eigenvalue weighted by molar-refractivity contribution is -0.117. The molecule has 0 bridgehead atoms. The lowest BCUT2D eigenvalue weighted by atomic mass is 10.0. The molecule has 0 aliphatic rings. The smallest absolute Gasteiger partial charge is 0.263 e. The van der Waals surface area contributed by atoms with Crippen molar-refractivity contribution in [2.45, 2.75) is 39.3 Å². The minimum atomic E-state index is -0.546. The molecule has 1 rings (SSSR count). The number of nitrogens with one attached hydrogen (secondary N) is 2. The number of amides is 1. The highest BCUT2D eigenvalue weighted by atomic mass is 16.3. The van der Waals surface area contributed by atoms with E-state index in [1.807, 2.05) is 37.3 Å². The molecule has 1 aromatic rings. The molecule has 5 heteroatoms.